The minimum absolute atomic E-state index is 0.197. The summed E-state index contributed by atoms with van der Waals surface area (Å²) in [5, 5.41) is 0.726. The van der Waals surface area contributed by atoms with Gasteiger partial charge in [0.2, 0.25) is 0 Å². The van der Waals surface area contributed by atoms with Crippen molar-refractivity contribution in [2.24, 2.45) is 0 Å². The lowest BCUT2D eigenvalue weighted by atomic mass is 10.2. The summed E-state index contributed by atoms with van der Waals surface area (Å²) in [6, 6.07) is 12.8. The van der Waals surface area contributed by atoms with Gasteiger partial charge in [0.1, 0.15) is 6.33 Å². The highest BCUT2D eigenvalue weighted by molar-refractivity contribution is 7.80. The van der Waals surface area contributed by atoms with Crippen LogP contribution in [0, 0.1) is 0 Å². The molecule has 0 amide bonds. The minimum Gasteiger partial charge on any atom is -0.268 e. The molecular formula is C14H9ClN2OS. The van der Waals surface area contributed by atoms with Crippen molar-refractivity contribution < 1.29 is 0 Å². The highest BCUT2D eigenvalue weighted by Crippen LogP contribution is 2.26. The van der Waals surface area contributed by atoms with E-state index in [4.69, 9.17) is 11.6 Å². The molecule has 0 aliphatic rings. The van der Waals surface area contributed by atoms with E-state index in [9.17, 15) is 4.79 Å². The van der Waals surface area contributed by atoms with Crippen LogP contribution < -0.4 is 5.56 Å². The number of fused-ring (bicyclic) bond motifs is 1. The summed E-state index contributed by atoms with van der Waals surface area (Å²) in [5.74, 6) is 0. The number of rotatable bonds is 1. The Bertz CT molecular complexity index is 815. The van der Waals surface area contributed by atoms with Crippen molar-refractivity contribution in [2.45, 2.75) is 4.90 Å². The highest BCUT2D eigenvalue weighted by atomic mass is 35.5. The summed E-state index contributed by atoms with van der Waals surface area (Å²) in [4.78, 5) is 17.3. The molecule has 0 fully saturated rings. The maximum Gasteiger partial charge on any atom is 0.267 e. The van der Waals surface area contributed by atoms with Crippen LogP contribution in [0.5, 0.6) is 0 Å². The SMILES string of the molecule is O=c1c2c(Cl)c(S)ccc2ncn1-c1ccccc1. The van der Waals surface area contributed by atoms with E-state index in [1.165, 1.54) is 10.9 Å². The zero-order valence-electron chi connectivity index (χ0n) is 9.75. The molecular weight excluding hydrogens is 280 g/mol. The van der Waals surface area contributed by atoms with Gasteiger partial charge in [0.05, 0.1) is 21.6 Å². The standard InChI is InChI=1S/C14H9ClN2OS/c15-13-11(19)7-6-10-12(13)14(18)17(8-16-10)9-4-2-1-3-5-9/h1-8,19H. The Kier molecular flexibility index (Phi) is 3.05. The van der Waals surface area contributed by atoms with Crippen LogP contribution in [-0.4, -0.2) is 9.55 Å². The third-order valence-corrected chi connectivity index (χ3v) is 3.78. The van der Waals surface area contributed by atoms with Crippen LogP contribution in [0.15, 0.2) is 58.5 Å². The fourth-order valence-corrected chi connectivity index (χ4v) is 2.36. The molecule has 3 nitrogen and oxygen atoms in total. The maximum absolute atomic E-state index is 12.5. The van der Waals surface area contributed by atoms with Crippen molar-refractivity contribution in [3.63, 3.8) is 0 Å². The van der Waals surface area contributed by atoms with Crippen LogP contribution >= 0.6 is 24.2 Å². The van der Waals surface area contributed by atoms with Gasteiger partial charge in [-0.2, -0.15) is 0 Å². The van der Waals surface area contributed by atoms with Gasteiger partial charge >= 0.3 is 0 Å². The smallest absolute Gasteiger partial charge is 0.267 e. The first-order valence-electron chi connectivity index (χ1n) is 5.63. The first kappa shape index (κ1) is 12.3. The molecule has 0 saturated carbocycles. The molecule has 0 N–H and O–H groups in total. The average molecular weight is 289 g/mol. The molecule has 0 bridgehead atoms. The molecule has 19 heavy (non-hydrogen) atoms. The van der Waals surface area contributed by atoms with Gasteiger partial charge in [-0.05, 0) is 24.3 Å². The van der Waals surface area contributed by atoms with E-state index in [2.05, 4.69) is 17.6 Å². The topological polar surface area (TPSA) is 34.9 Å². The Balaban J connectivity index is 2.39. The molecule has 3 rings (SSSR count). The van der Waals surface area contributed by atoms with Crippen molar-refractivity contribution in [1.82, 2.24) is 9.55 Å². The summed E-state index contributed by atoms with van der Waals surface area (Å²) >= 11 is 10.4. The predicted molar refractivity (Wildman–Crippen MR) is 79.6 cm³/mol. The predicted octanol–water partition coefficient (Wildman–Crippen LogP) is 3.33. The summed E-state index contributed by atoms with van der Waals surface area (Å²) < 4.78 is 1.47. The van der Waals surface area contributed by atoms with Crippen molar-refractivity contribution in [3.05, 3.63) is 64.2 Å². The van der Waals surface area contributed by atoms with Crippen LogP contribution in [0.2, 0.25) is 5.02 Å². The zero-order chi connectivity index (χ0) is 13.4. The number of aromatic nitrogens is 2. The normalized spacial score (nSPS) is 10.8. The fraction of sp³-hybridized carbons (Fsp3) is 0. The molecule has 0 spiro atoms. The second kappa shape index (κ2) is 4.72. The van der Waals surface area contributed by atoms with Gasteiger partial charge in [-0.1, -0.05) is 29.8 Å². The molecule has 0 aliphatic carbocycles. The van der Waals surface area contributed by atoms with Gasteiger partial charge < -0.3 is 0 Å². The largest absolute Gasteiger partial charge is 0.268 e. The first-order valence-corrected chi connectivity index (χ1v) is 6.45. The number of para-hydroxylation sites is 1. The lowest BCUT2D eigenvalue weighted by Crippen LogP contribution is -2.19. The molecule has 2 aromatic carbocycles. The Morgan fingerprint density at radius 2 is 1.84 bits per heavy atom. The quantitative estimate of drug-likeness (QED) is 0.697. The Morgan fingerprint density at radius 1 is 1.11 bits per heavy atom. The fourth-order valence-electron chi connectivity index (χ4n) is 1.93. The van der Waals surface area contributed by atoms with Gasteiger partial charge in [-0.25, -0.2) is 4.98 Å². The van der Waals surface area contributed by atoms with E-state index in [1.54, 1.807) is 12.1 Å². The monoisotopic (exact) mass is 288 g/mol. The number of thiol groups is 1. The highest BCUT2D eigenvalue weighted by Gasteiger charge is 2.11. The first-order chi connectivity index (χ1) is 9.18. The molecule has 0 saturated heterocycles. The summed E-state index contributed by atoms with van der Waals surface area (Å²) in [7, 11) is 0. The van der Waals surface area contributed by atoms with Crippen molar-refractivity contribution in [1.29, 1.82) is 0 Å². The molecule has 0 aliphatic heterocycles. The number of hydrogen-bond donors (Lipinski definition) is 1. The summed E-state index contributed by atoms with van der Waals surface area (Å²) in [6.45, 7) is 0. The molecule has 0 radical (unpaired) electrons. The van der Waals surface area contributed by atoms with Gasteiger partial charge in [0.15, 0.2) is 0 Å². The van der Waals surface area contributed by atoms with Gasteiger partial charge in [0, 0.05) is 4.90 Å². The Morgan fingerprint density at radius 3 is 2.58 bits per heavy atom. The Hall–Kier alpha value is -1.78. The minimum atomic E-state index is -0.197. The molecule has 0 unspecified atom stereocenters. The molecule has 94 valence electrons. The third-order valence-electron chi connectivity index (χ3n) is 2.88. The molecule has 5 heteroatoms. The molecule has 1 aromatic heterocycles. The third kappa shape index (κ3) is 2.03. The van der Waals surface area contributed by atoms with Crippen molar-refractivity contribution in [2.75, 3.05) is 0 Å². The van der Waals surface area contributed by atoms with E-state index in [0.29, 0.717) is 20.8 Å². The van der Waals surface area contributed by atoms with Crippen LogP contribution in [0.25, 0.3) is 16.6 Å². The van der Waals surface area contributed by atoms with Crippen LogP contribution in [0.1, 0.15) is 0 Å². The summed E-state index contributed by atoms with van der Waals surface area (Å²) in [5.41, 5.74) is 1.12. The van der Waals surface area contributed by atoms with Gasteiger partial charge in [0.25, 0.3) is 5.56 Å². The number of benzene rings is 2. The van der Waals surface area contributed by atoms with Crippen LogP contribution in [0.4, 0.5) is 0 Å². The van der Waals surface area contributed by atoms with Crippen molar-refractivity contribution >= 4 is 35.1 Å². The molecule has 3 aromatic rings. The number of hydrogen-bond acceptors (Lipinski definition) is 3. The van der Waals surface area contributed by atoms with Crippen LogP contribution in [-0.2, 0) is 0 Å². The van der Waals surface area contributed by atoms with E-state index >= 15 is 0 Å². The van der Waals surface area contributed by atoms with E-state index in [1.807, 2.05) is 30.3 Å². The molecule has 0 atom stereocenters. The second-order valence-electron chi connectivity index (χ2n) is 4.05. The zero-order valence-corrected chi connectivity index (χ0v) is 11.4. The summed E-state index contributed by atoms with van der Waals surface area (Å²) in [6.07, 6.45) is 1.51. The average Bonchev–Trinajstić information content (AvgIpc) is 2.44. The Labute approximate surface area is 119 Å². The van der Waals surface area contributed by atoms with Crippen LogP contribution in [0.3, 0.4) is 0 Å². The second-order valence-corrected chi connectivity index (χ2v) is 4.91. The van der Waals surface area contributed by atoms with Gasteiger partial charge in [-0.3, -0.25) is 9.36 Å². The lowest BCUT2D eigenvalue weighted by Gasteiger charge is -2.08. The molecule has 1 heterocycles. The van der Waals surface area contributed by atoms with E-state index in [-0.39, 0.29) is 5.56 Å². The number of nitrogens with zero attached hydrogens (tertiary/aromatic N) is 2. The maximum atomic E-state index is 12.5. The van der Waals surface area contributed by atoms with Crippen molar-refractivity contribution in [3.8, 4) is 5.69 Å². The number of halogens is 1. The lowest BCUT2D eigenvalue weighted by molar-refractivity contribution is 0.962. The van der Waals surface area contributed by atoms with Gasteiger partial charge in [-0.15, -0.1) is 12.6 Å². The van der Waals surface area contributed by atoms with E-state index < -0.39 is 0 Å². The van der Waals surface area contributed by atoms with E-state index in [0.717, 1.165) is 5.69 Å².